The molecule has 2 rings (SSSR count). The monoisotopic (exact) mass is 317 g/mol. The summed E-state index contributed by atoms with van der Waals surface area (Å²) in [4.78, 5) is 28.5. The Bertz CT molecular complexity index is 537. The lowest BCUT2D eigenvalue weighted by atomic mass is 9.95. The van der Waals surface area contributed by atoms with Crippen LogP contribution in [0, 0.1) is 5.92 Å². The van der Waals surface area contributed by atoms with Crippen molar-refractivity contribution in [2.45, 2.75) is 58.4 Å². The minimum absolute atomic E-state index is 0.138. The highest BCUT2D eigenvalue weighted by atomic mass is 16.2. The number of hydrogen-bond donors (Lipinski definition) is 2. The third kappa shape index (κ3) is 5.66. The standard InChI is InChI=1S/C18H27N3O2/c1-13(2)8-9-20-17(22)14-10-15(12-19-11-14)18(23)21-16-6-4-3-5-7-16/h10-13,16H,3-9H2,1-2H3,(H,20,22)(H,21,23). The number of carbonyl (C=O) groups is 2. The lowest BCUT2D eigenvalue weighted by molar-refractivity contribution is 0.0927. The van der Waals surface area contributed by atoms with Gasteiger partial charge in [0.25, 0.3) is 11.8 Å². The Morgan fingerprint density at radius 1 is 1.13 bits per heavy atom. The summed E-state index contributed by atoms with van der Waals surface area (Å²) in [7, 11) is 0. The van der Waals surface area contributed by atoms with Crippen molar-refractivity contribution in [1.82, 2.24) is 15.6 Å². The summed E-state index contributed by atoms with van der Waals surface area (Å²) in [6.45, 7) is 4.86. The van der Waals surface area contributed by atoms with E-state index in [-0.39, 0.29) is 17.9 Å². The molecule has 0 aliphatic heterocycles. The minimum Gasteiger partial charge on any atom is -0.352 e. The maximum Gasteiger partial charge on any atom is 0.253 e. The fourth-order valence-electron chi connectivity index (χ4n) is 2.78. The predicted molar refractivity (Wildman–Crippen MR) is 90.4 cm³/mol. The number of rotatable bonds is 6. The van der Waals surface area contributed by atoms with E-state index in [1.165, 1.54) is 31.7 Å². The smallest absolute Gasteiger partial charge is 0.253 e. The molecule has 1 heterocycles. The zero-order valence-electron chi connectivity index (χ0n) is 14.1. The molecular weight excluding hydrogens is 290 g/mol. The van der Waals surface area contributed by atoms with E-state index in [0.717, 1.165) is 19.3 Å². The van der Waals surface area contributed by atoms with E-state index in [2.05, 4.69) is 29.5 Å². The molecule has 2 amide bonds. The highest BCUT2D eigenvalue weighted by molar-refractivity contribution is 5.99. The van der Waals surface area contributed by atoms with Gasteiger partial charge in [0.15, 0.2) is 0 Å². The van der Waals surface area contributed by atoms with E-state index < -0.39 is 0 Å². The second-order valence-corrected chi connectivity index (χ2v) is 6.71. The van der Waals surface area contributed by atoms with Crippen LogP contribution < -0.4 is 10.6 Å². The number of nitrogens with one attached hydrogen (secondary N) is 2. The Morgan fingerprint density at radius 3 is 2.43 bits per heavy atom. The van der Waals surface area contributed by atoms with Crippen LogP contribution in [-0.4, -0.2) is 29.4 Å². The topological polar surface area (TPSA) is 71.1 Å². The van der Waals surface area contributed by atoms with Crippen LogP contribution in [0.3, 0.4) is 0 Å². The van der Waals surface area contributed by atoms with Gasteiger partial charge in [0, 0.05) is 25.0 Å². The third-order valence-electron chi connectivity index (χ3n) is 4.21. The molecule has 1 aliphatic rings. The molecule has 126 valence electrons. The highest BCUT2D eigenvalue weighted by Gasteiger charge is 2.17. The second kappa shape index (κ2) is 8.65. The van der Waals surface area contributed by atoms with Crippen LogP contribution in [0.5, 0.6) is 0 Å². The summed E-state index contributed by atoms with van der Waals surface area (Å²) >= 11 is 0. The summed E-state index contributed by atoms with van der Waals surface area (Å²) in [5.41, 5.74) is 0.886. The molecule has 1 aromatic heterocycles. The molecule has 0 unspecified atom stereocenters. The van der Waals surface area contributed by atoms with E-state index in [0.29, 0.717) is 23.6 Å². The number of carbonyl (C=O) groups excluding carboxylic acids is 2. The maximum atomic E-state index is 12.3. The van der Waals surface area contributed by atoms with Crippen LogP contribution >= 0.6 is 0 Å². The van der Waals surface area contributed by atoms with Crippen molar-refractivity contribution in [3.8, 4) is 0 Å². The Hall–Kier alpha value is -1.91. The van der Waals surface area contributed by atoms with Gasteiger partial charge in [-0.15, -0.1) is 0 Å². The molecule has 1 saturated carbocycles. The first-order valence-electron chi connectivity index (χ1n) is 8.60. The largest absolute Gasteiger partial charge is 0.352 e. The average molecular weight is 317 g/mol. The normalized spacial score (nSPS) is 15.4. The summed E-state index contributed by atoms with van der Waals surface area (Å²) in [5, 5.41) is 5.92. The SMILES string of the molecule is CC(C)CCNC(=O)c1cncc(C(=O)NC2CCCCC2)c1. The fourth-order valence-corrected chi connectivity index (χ4v) is 2.78. The van der Waals surface area contributed by atoms with Crippen molar-refractivity contribution >= 4 is 11.8 Å². The van der Waals surface area contributed by atoms with Crippen LogP contribution in [0.1, 0.15) is 73.1 Å². The Kier molecular flexibility index (Phi) is 6.56. The molecule has 1 fully saturated rings. The first-order chi connectivity index (χ1) is 11.1. The Labute approximate surface area is 138 Å². The third-order valence-corrected chi connectivity index (χ3v) is 4.21. The first kappa shape index (κ1) is 17.4. The van der Waals surface area contributed by atoms with Crippen LogP contribution in [0.15, 0.2) is 18.5 Å². The molecule has 0 radical (unpaired) electrons. The van der Waals surface area contributed by atoms with Gasteiger partial charge in [0.1, 0.15) is 0 Å². The number of aromatic nitrogens is 1. The van der Waals surface area contributed by atoms with Crippen molar-refractivity contribution in [1.29, 1.82) is 0 Å². The molecule has 1 aliphatic carbocycles. The molecule has 1 aromatic rings. The predicted octanol–water partition coefficient (Wildman–Crippen LogP) is 2.92. The second-order valence-electron chi connectivity index (χ2n) is 6.71. The lowest BCUT2D eigenvalue weighted by Crippen LogP contribution is -2.36. The van der Waals surface area contributed by atoms with Gasteiger partial charge in [-0.1, -0.05) is 33.1 Å². The van der Waals surface area contributed by atoms with Crippen LogP contribution in [0.25, 0.3) is 0 Å². The van der Waals surface area contributed by atoms with E-state index in [4.69, 9.17) is 0 Å². The van der Waals surface area contributed by atoms with Gasteiger partial charge in [-0.2, -0.15) is 0 Å². The van der Waals surface area contributed by atoms with Crippen LogP contribution in [-0.2, 0) is 0 Å². The van der Waals surface area contributed by atoms with Gasteiger partial charge < -0.3 is 10.6 Å². The summed E-state index contributed by atoms with van der Waals surface area (Å²) < 4.78 is 0. The van der Waals surface area contributed by atoms with Crippen molar-refractivity contribution in [3.63, 3.8) is 0 Å². The molecule has 0 aromatic carbocycles. The molecule has 5 heteroatoms. The maximum absolute atomic E-state index is 12.3. The van der Waals surface area contributed by atoms with Gasteiger partial charge in [-0.05, 0) is 31.2 Å². The van der Waals surface area contributed by atoms with Crippen LogP contribution in [0.4, 0.5) is 0 Å². The Morgan fingerprint density at radius 2 is 1.78 bits per heavy atom. The molecule has 23 heavy (non-hydrogen) atoms. The highest BCUT2D eigenvalue weighted by Crippen LogP contribution is 2.17. The number of hydrogen-bond acceptors (Lipinski definition) is 3. The fraction of sp³-hybridized carbons (Fsp3) is 0.611. The van der Waals surface area contributed by atoms with Crippen molar-refractivity contribution in [3.05, 3.63) is 29.6 Å². The first-order valence-corrected chi connectivity index (χ1v) is 8.60. The Balaban J connectivity index is 1.92. The zero-order chi connectivity index (χ0) is 16.7. The molecule has 0 bridgehead atoms. The van der Waals surface area contributed by atoms with Crippen molar-refractivity contribution in [2.24, 2.45) is 5.92 Å². The number of nitrogens with zero attached hydrogens (tertiary/aromatic N) is 1. The summed E-state index contributed by atoms with van der Waals surface area (Å²) in [6.07, 6.45) is 9.61. The van der Waals surface area contributed by atoms with Crippen LogP contribution in [0.2, 0.25) is 0 Å². The van der Waals surface area contributed by atoms with E-state index in [1.54, 1.807) is 6.07 Å². The van der Waals surface area contributed by atoms with Crippen molar-refractivity contribution in [2.75, 3.05) is 6.54 Å². The van der Waals surface area contributed by atoms with Gasteiger partial charge in [0.2, 0.25) is 0 Å². The van der Waals surface area contributed by atoms with Crippen molar-refractivity contribution < 1.29 is 9.59 Å². The van der Waals surface area contributed by atoms with Gasteiger partial charge in [-0.25, -0.2) is 0 Å². The molecule has 0 saturated heterocycles. The summed E-state index contributed by atoms with van der Waals surface area (Å²) in [5.74, 6) is 0.229. The molecular formula is C18H27N3O2. The molecule has 0 atom stereocenters. The summed E-state index contributed by atoms with van der Waals surface area (Å²) in [6, 6.07) is 1.87. The van der Waals surface area contributed by atoms with Gasteiger partial charge in [0.05, 0.1) is 11.1 Å². The molecule has 2 N–H and O–H groups in total. The average Bonchev–Trinajstić information content (AvgIpc) is 2.55. The zero-order valence-corrected chi connectivity index (χ0v) is 14.1. The number of amides is 2. The van der Waals surface area contributed by atoms with E-state index >= 15 is 0 Å². The minimum atomic E-state index is -0.175. The van der Waals surface area contributed by atoms with E-state index in [9.17, 15) is 9.59 Å². The molecule has 0 spiro atoms. The van der Waals surface area contributed by atoms with Gasteiger partial charge >= 0.3 is 0 Å². The van der Waals surface area contributed by atoms with E-state index in [1.807, 2.05) is 0 Å². The van der Waals surface area contributed by atoms with Gasteiger partial charge in [-0.3, -0.25) is 14.6 Å². The lowest BCUT2D eigenvalue weighted by Gasteiger charge is -2.22. The number of pyridine rings is 1. The molecule has 5 nitrogen and oxygen atoms in total. The quantitative estimate of drug-likeness (QED) is 0.847.